The van der Waals surface area contributed by atoms with E-state index in [1.54, 1.807) is 0 Å². The highest BCUT2D eigenvalue weighted by atomic mass is 79.9. The van der Waals surface area contributed by atoms with Gasteiger partial charge in [0.05, 0.1) is 0 Å². The lowest BCUT2D eigenvalue weighted by Gasteiger charge is -2.31. The van der Waals surface area contributed by atoms with Crippen molar-refractivity contribution in [1.29, 1.82) is 0 Å². The zero-order chi connectivity index (χ0) is 14.8. The summed E-state index contributed by atoms with van der Waals surface area (Å²) in [6, 6.07) is 8.60. The van der Waals surface area contributed by atoms with Gasteiger partial charge in [-0.1, -0.05) is 40.9 Å². The van der Waals surface area contributed by atoms with Crippen molar-refractivity contribution in [2.24, 2.45) is 17.6 Å². The molecule has 0 radical (unpaired) electrons. The summed E-state index contributed by atoms with van der Waals surface area (Å²) in [6.45, 7) is 0.685. The number of nitrogens with one attached hydrogen (secondary N) is 1. The minimum atomic E-state index is 0.152. The molecule has 1 aromatic carbocycles. The number of carbonyl (C=O) groups is 1. The molecule has 3 nitrogen and oxygen atoms in total. The van der Waals surface area contributed by atoms with E-state index in [1.165, 1.54) is 18.4 Å². The lowest BCUT2D eigenvalue weighted by atomic mass is 9.84. The molecular weight excluding hydrogens is 328 g/mol. The van der Waals surface area contributed by atoms with E-state index in [0.29, 0.717) is 24.4 Å². The van der Waals surface area contributed by atoms with Crippen LogP contribution in [-0.4, -0.2) is 18.5 Å². The molecule has 0 heterocycles. The molecule has 114 valence electrons. The monoisotopic (exact) mass is 350 g/mol. The molecule has 4 unspecified atom stereocenters. The van der Waals surface area contributed by atoms with Gasteiger partial charge in [0.15, 0.2) is 0 Å². The second kappa shape index (κ2) is 6.49. The fourth-order valence-electron chi connectivity index (χ4n) is 3.56. The maximum Gasteiger partial charge on any atom is 0.223 e. The molecule has 2 saturated carbocycles. The van der Waals surface area contributed by atoms with Crippen LogP contribution in [0.15, 0.2) is 28.7 Å². The van der Waals surface area contributed by atoms with Crippen LogP contribution in [0.4, 0.5) is 0 Å². The Labute approximate surface area is 134 Å². The molecule has 0 aliphatic heterocycles. The van der Waals surface area contributed by atoms with Gasteiger partial charge in [-0.3, -0.25) is 4.79 Å². The molecule has 1 amide bonds. The van der Waals surface area contributed by atoms with E-state index in [-0.39, 0.29) is 11.8 Å². The van der Waals surface area contributed by atoms with Gasteiger partial charge in [-0.15, -0.1) is 0 Å². The molecule has 2 aliphatic carbocycles. The lowest BCUT2D eigenvalue weighted by Crippen LogP contribution is -2.45. The Hall–Kier alpha value is -0.870. The number of hydrogen-bond acceptors (Lipinski definition) is 2. The lowest BCUT2D eigenvalue weighted by molar-refractivity contribution is -0.123. The summed E-state index contributed by atoms with van der Waals surface area (Å²) in [6.07, 6.45) is 5.67. The smallest absolute Gasteiger partial charge is 0.223 e. The van der Waals surface area contributed by atoms with Gasteiger partial charge in [0.25, 0.3) is 0 Å². The second-order valence-corrected chi connectivity index (χ2v) is 7.31. The van der Waals surface area contributed by atoms with E-state index < -0.39 is 0 Å². The van der Waals surface area contributed by atoms with Crippen LogP contribution in [0.3, 0.4) is 0 Å². The van der Waals surface area contributed by atoms with Crippen LogP contribution < -0.4 is 11.1 Å². The van der Waals surface area contributed by atoms with E-state index in [0.717, 1.165) is 23.7 Å². The van der Waals surface area contributed by atoms with E-state index in [2.05, 4.69) is 33.4 Å². The van der Waals surface area contributed by atoms with Crippen molar-refractivity contribution >= 4 is 21.8 Å². The van der Waals surface area contributed by atoms with Crippen LogP contribution >= 0.6 is 15.9 Å². The summed E-state index contributed by atoms with van der Waals surface area (Å²) in [7, 11) is 0. The first-order valence-corrected chi connectivity index (χ1v) is 8.74. The molecule has 4 heteroatoms. The molecule has 3 rings (SSSR count). The highest BCUT2D eigenvalue weighted by Crippen LogP contribution is 2.48. The summed E-state index contributed by atoms with van der Waals surface area (Å²) in [5.41, 5.74) is 7.11. The SMILES string of the molecule is NCC1CCCCC1NC(=O)C1CC1c1cccc(Br)c1. The van der Waals surface area contributed by atoms with Gasteiger partial charge in [-0.05, 0) is 55.3 Å². The third-order valence-electron chi connectivity index (χ3n) is 4.94. The van der Waals surface area contributed by atoms with Crippen molar-refractivity contribution < 1.29 is 4.79 Å². The molecule has 0 saturated heterocycles. The molecule has 1 aromatic rings. The molecule has 4 atom stereocenters. The maximum atomic E-state index is 12.4. The maximum absolute atomic E-state index is 12.4. The Bertz CT molecular complexity index is 519. The number of hydrogen-bond donors (Lipinski definition) is 2. The standard InChI is InChI=1S/C17H23BrN2O/c18-13-6-3-5-11(8-13)14-9-15(14)17(21)20-16-7-2-1-4-12(16)10-19/h3,5-6,8,12,14-16H,1-2,4,7,9-10,19H2,(H,20,21). The van der Waals surface area contributed by atoms with Gasteiger partial charge in [0.2, 0.25) is 5.91 Å². The van der Waals surface area contributed by atoms with Crippen LogP contribution in [-0.2, 0) is 4.79 Å². The largest absolute Gasteiger partial charge is 0.353 e. The molecule has 21 heavy (non-hydrogen) atoms. The predicted octanol–water partition coefficient (Wildman–Crippen LogP) is 3.19. The fraction of sp³-hybridized carbons (Fsp3) is 0.588. The summed E-state index contributed by atoms with van der Waals surface area (Å²) in [5.74, 6) is 1.23. The fourth-order valence-corrected chi connectivity index (χ4v) is 3.98. The van der Waals surface area contributed by atoms with Crippen molar-refractivity contribution in [2.45, 2.75) is 44.1 Å². The van der Waals surface area contributed by atoms with Crippen molar-refractivity contribution in [2.75, 3.05) is 6.54 Å². The van der Waals surface area contributed by atoms with Gasteiger partial charge in [0.1, 0.15) is 0 Å². The second-order valence-electron chi connectivity index (χ2n) is 6.40. The molecule has 0 bridgehead atoms. The highest BCUT2D eigenvalue weighted by molar-refractivity contribution is 9.10. The third kappa shape index (κ3) is 3.49. The summed E-state index contributed by atoms with van der Waals surface area (Å²) in [4.78, 5) is 12.4. The molecule has 2 aliphatic rings. The summed E-state index contributed by atoms with van der Waals surface area (Å²) >= 11 is 3.50. The topological polar surface area (TPSA) is 55.1 Å². The Morgan fingerprint density at radius 2 is 2.14 bits per heavy atom. The van der Waals surface area contributed by atoms with Gasteiger partial charge in [-0.2, -0.15) is 0 Å². The third-order valence-corrected chi connectivity index (χ3v) is 5.44. The van der Waals surface area contributed by atoms with Crippen LogP contribution in [0.5, 0.6) is 0 Å². The molecule has 3 N–H and O–H groups in total. The van der Waals surface area contributed by atoms with Gasteiger partial charge in [-0.25, -0.2) is 0 Å². The first-order valence-electron chi connectivity index (χ1n) is 7.95. The first kappa shape index (κ1) is 15.0. The highest BCUT2D eigenvalue weighted by Gasteiger charge is 2.44. The average Bonchev–Trinajstić information content (AvgIpc) is 3.28. The van der Waals surface area contributed by atoms with E-state index in [1.807, 2.05) is 12.1 Å². The van der Waals surface area contributed by atoms with Gasteiger partial charge >= 0.3 is 0 Å². The van der Waals surface area contributed by atoms with Gasteiger partial charge < -0.3 is 11.1 Å². The van der Waals surface area contributed by atoms with E-state index in [9.17, 15) is 4.79 Å². The van der Waals surface area contributed by atoms with E-state index in [4.69, 9.17) is 5.73 Å². The normalized spacial score (nSPS) is 31.7. The van der Waals surface area contributed by atoms with E-state index >= 15 is 0 Å². The number of halogens is 1. The van der Waals surface area contributed by atoms with Crippen LogP contribution in [0.25, 0.3) is 0 Å². The zero-order valence-electron chi connectivity index (χ0n) is 12.2. The minimum absolute atomic E-state index is 0.152. The van der Waals surface area contributed by atoms with Crippen molar-refractivity contribution in [1.82, 2.24) is 5.32 Å². The number of nitrogens with two attached hydrogens (primary N) is 1. The molecule has 0 aromatic heterocycles. The number of amides is 1. The number of carbonyl (C=O) groups excluding carboxylic acids is 1. The van der Waals surface area contributed by atoms with Crippen LogP contribution in [0.1, 0.15) is 43.6 Å². The Kier molecular flexibility index (Phi) is 4.65. The first-order chi connectivity index (χ1) is 10.2. The quantitative estimate of drug-likeness (QED) is 0.875. The molecule has 0 spiro atoms. The molecule has 2 fully saturated rings. The van der Waals surface area contributed by atoms with Gasteiger partial charge in [0, 0.05) is 16.4 Å². The van der Waals surface area contributed by atoms with Crippen LogP contribution in [0.2, 0.25) is 0 Å². The Morgan fingerprint density at radius 3 is 2.90 bits per heavy atom. The number of benzene rings is 1. The van der Waals surface area contributed by atoms with Crippen molar-refractivity contribution in [3.05, 3.63) is 34.3 Å². The number of rotatable bonds is 4. The summed E-state index contributed by atoms with van der Waals surface area (Å²) < 4.78 is 1.08. The Morgan fingerprint density at radius 1 is 1.33 bits per heavy atom. The Balaban J connectivity index is 1.57. The molecular formula is C17H23BrN2O. The minimum Gasteiger partial charge on any atom is -0.353 e. The zero-order valence-corrected chi connectivity index (χ0v) is 13.8. The predicted molar refractivity (Wildman–Crippen MR) is 87.9 cm³/mol. The van der Waals surface area contributed by atoms with Crippen LogP contribution in [0, 0.1) is 11.8 Å². The summed E-state index contributed by atoms with van der Waals surface area (Å²) in [5, 5.41) is 3.27. The van der Waals surface area contributed by atoms with Crippen molar-refractivity contribution in [3.8, 4) is 0 Å². The van der Waals surface area contributed by atoms with Crippen molar-refractivity contribution in [3.63, 3.8) is 0 Å². The average molecular weight is 351 g/mol.